The maximum atomic E-state index is 12.6. The van der Waals surface area contributed by atoms with Crippen molar-refractivity contribution in [3.8, 4) is 0 Å². The lowest BCUT2D eigenvalue weighted by molar-refractivity contribution is -0.115. The molecular weight excluding hydrogens is 518 g/mol. The molecule has 1 aliphatic heterocycles. The van der Waals surface area contributed by atoms with E-state index in [1.54, 1.807) is 6.07 Å². The molecule has 1 saturated heterocycles. The number of aromatic nitrogens is 1. The molecule has 2 heterocycles. The second-order valence-electron chi connectivity index (χ2n) is 7.77. The fourth-order valence-electron chi connectivity index (χ4n) is 3.70. The second-order valence-corrected chi connectivity index (χ2v) is 10.1. The van der Waals surface area contributed by atoms with Crippen LogP contribution in [0.1, 0.15) is 16.7 Å². The predicted molar refractivity (Wildman–Crippen MR) is 142 cm³/mol. The van der Waals surface area contributed by atoms with E-state index >= 15 is 0 Å². The van der Waals surface area contributed by atoms with E-state index in [1.165, 1.54) is 17.3 Å². The van der Waals surface area contributed by atoms with E-state index in [0.29, 0.717) is 20.8 Å². The van der Waals surface area contributed by atoms with Crippen molar-refractivity contribution in [1.29, 1.82) is 0 Å². The molecule has 0 bridgehead atoms. The quantitative estimate of drug-likeness (QED) is 0.278. The van der Waals surface area contributed by atoms with Crippen LogP contribution in [0, 0.1) is 6.92 Å². The summed E-state index contributed by atoms with van der Waals surface area (Å²) < 4.78 is 3.27. The largest absolute Gasteiger partial charge is 0.342 e. The molecule has 0 aliphatic carbocycles. The fraction of sp³-hybridized carbons (Fsp3) is 0.0769. The van der Waals surface area contributed by atoms with Crippen molar-refractivity contribution in [3.63, 3.8) is 0 Å². The van der Waals surface area contributed by atoms with E-state index in [2.05, 4.69) is 61.3 Å². The van der Waals surface area contributed by atoms with E-state index in [1.807, 2.05) is 49.4 Å². The van der Waals surface area contributed by atoms with Gasteiger partial charge in [-0.15, -0.1) is 0 Å². The summed E-state index contributed by atoms with van der Waals surface area (Å²) in [5.41, 5.74) is 5.03. The minimum Gasteiger partial charge on any atom is -0.342 e. The second kappa shape index (κ2) is 9.21. The number of para-hydroxylation sites is 1. The molecule has 1 fully saturated rings. The fourth-order valence-corrected chi connectivity index (χ4v) is 4.97. The molecule has 33 heavy (non-hydrogen) atoms. The van der Waals surface area contributed by atoms with E-state index in [9.17, 15) is 4.79 Å². The van der Waals surface area contributed by atoms with E-state index < -0.39 is 0 Å². The Kier molecular flexibility index (Phi) is 6.15. The first-order chi connectivity index (χ1) is 16.0. The van der Waals surface area contributed by atoms with Crippen LogP contribution in [0.5, 0.6) is 0 Å². The number of nitrogens with one attached hydrogen (secondary N) is 1. The Bertz CT molecular complexity index is 1440. The number of rotatable bonds is 4. The molecule has 0 spiro atoms. The topological polar surface area (TPSA) is 46.4 Å². The minimum absolute atomic E-state index is 0.151. The summed E-state index contributed by atoms with van der Waals surface area (Å²) in [5.74, 6) is -0.151. The number of hydrogen-bond donors (Lipinski definition) is 1. The molecule has 0 atom stereocenters. The van der Waals surface area contributed by atoms with Gasteiger partial charge in [0.1, 0.15) is 0 Å². The third-order valence-electron chi connectivity index (χ3n) is 5.41. The van der Waals surface area contributed by atoms with Crippen LogP contribution in [0.25, 0.3) is 17.0 Å². The standard InChI is InChI=1S/C26H19BrClN3OS/c1-16-6-11-20(13-22(16)28)29-26-30-25(32)24(33-26)12-18-15-31(23-5-3-2-4-21(18)23)14-17-7-9-19(27)10-8-17/h2-13,15H,14H2,1H3,(H,29,30,32)/b24-12-. The maximum Gasteiger partial charge on any atom is 0.264 e. The van der Waals surface area contributed by atoms with Crippen molar-refractivity contribution in [1.82, 2.24) is 9.88 Å². The van der Waals surface area contributed by atoms with Gasteiger partial charge in [0.05, 0.1) is 10.6 Å². The normalized spacial score (nSPS) is 16.2. The van der Waals surface area contributed by atoms with Gasteiger partial charge in [-0.1, -0.05) is 63.9 Å². The summed E-state index contributed by atoms with van der Waals surface area (Å²) in [6.45, 7) is 2.69. The number of carbonyl (C=O) groups is 1. The van der Waals surface area contributed by atoms with Crippen LogP contribution < -0.4 is 5.32 Å². The molecule has 4 nitrogen and oxygen atoms in total. The Balaban J connectivity index is 1.46. The highest BCUT2D eigenvalue weighted by Gasteiger charge is 2.24. The van der Waals surface area contributed by atoms with Gasteiger partial charge in [-0.25, -0.2) is 4.99 Å². The third-order valence-corrected chi connectivity index (χ3v) is 7.25. The number of carbonyl (C=O) groups excluding carboxylic acids is 1. The Morgan fingerprint density at radius 2 is 1.91 bits per heavy atom. The number of amides is 1. The minimum atomic E-state index is -0.151. The van der Waals surface area contributed by atoms with Crippen molar-refractivity contribution in [2.24, 2.45) is 4.99 Å². The highest BCUT2D eigenvalue weighted by molar-refractivity contribution is 9.10. The smallest absolute Gasteiger partial charge is 0.264 e. The highest BCUT2D eigenvalue weighted by atomic mass is 79.9. The predicted octanol–water partition coefficient (Wildman–Crippen LogP) is 7.31. The van der Waals surface area contributed by atoms with Crippen molar-refractivity contribution in [2.45, 2.75) is 13.5 Å². The summed E-state index contributed by atoms with van der Waals surface area (Å²) in [4.78, 5) is 17.8. The summed E-state index contributed by atoms with van der Waals surface area (Å²) in [6.07, 6.45) is 4.04. The van der Waals surface area contributed by atoms with Gasteiger partial charge in [-0.05, 0) is 66.2 Å². The van der Waals surface area contributed by atoms with Gasteiger partial charge in [0, 0.05) is 38.7 Å². The zero-order chi connectivity index (χ0) is 22.9. The lowest BCUT2D eigenvalue weighted by atomic mass is 10.1. The summed E-state index contributed by atoms with van der Waals surface area (Å²) in [5, 5.41) is 5.16. The summed E-state index contributed by atoms with van der Waals surface area (Å²) in [7, 11) is 0. The molecular formula is C26H19BrClN3OS. The molecule has 3 aromatic carbocycles. The molecule has 1 N–H and O–H groups in total. The van der Waals surface area contributed by atoms with Crippen molar-refractivity contribution < 1.29 is 4.79 Å². The Morgan fingerprint density at radius 3 is 2.70 bits per heavy atom. The zero-order valence-corrected chi connectivity index (χ0v) is 20.8. The molecule has 0 radical (unpaired) electrons. The number of amidine groups is 1. The average Bonchev–Trinajstić information content (AvgIpc) is 3.32. The molecule has 1 aromatic heterocycles. The monoisotopic (exact) mass is 535 g/mol. The van der Waals surface area contributed by atoms with Gasteiger partial charge in [-0.2, -0.15) is 0 Å². The van der Waals surface area contributed by atoms with Gasteiger partial charge in [0.15, 0.2) is 5.17 Å². The number of nitrogens with zero attached hydrogens (tertiary/aromatic N) is 2. The first-order valence-corrected chi connectivity index (χ1v) is 12.3. The van der Waals surface area contributed by atoms with Gasteiger partial charge in [0.25, 0.3) is 5.91 Å². The van der Waals surface area contributed by atoms with E-state index in [0.717, 1.165) is 33.0 Å². The SMILES string of the molecule is Cc1ccc(N=C2NC(=O)/C(=C/c3cn(Cc4ccc(Br)cc4)c4ccccc34)S2)cc1Cl. The van der Waals surface area contributed by atoms with Crippen molar-refractivity contribution >= 4 is 73.0 Å². The van der Waals surface area contributed by atoms with Crippen molar-refractivity contribution in [3.05, 3.63) is 104 Å². The number of aryl methyl sites for hydroxylation is 1. The Hall–Kier alpha value is -2.80. The van der Waals surface area contributed by atoms with E-state index in [4.69, 9.17) is 11.6 Å². The highest BCUT2D eigenvalue weighted by Crippen LogP contribution is 2.32. The zero-order valence-electron chi connectivity index (χ0n) is 17.7. The van der Waals surface area contributed by atoms with Gasteiger partial charge in [0.2, 0.25) is 0 Å². The number of aliphatic imine (C=N–C) groups is 1. The Morgan fingerprint density at radius 1 is 1.12 bits per heavy atom. The maximum absolute atomic E-state index is 12.6. The van der Waals surface area contributed by atoms with Crippen LogP contribution in [0.15, 0.2) is 87.3 Å². The van der Waals surface area contributed by atoms with Crippen LogP contribution >= 0.6 is 39.3 Å². The molecule has 4 aromatic rings. The van der Waals surface area contributed by atoms with E-state index in [-0.39, 0.29) is 5.91 Å². The van der Waals surface area contributed by atoms with Crippen LogP contribution in [0.3, 0.4) is 0 Å². The molecule has 1 amide bonds. The molecule has 5 rings (SSSR count). The van der Waals surface area contributed by atoms with Crippen molar-refractivity contribution in [2.75, 3.05) is 0 Å². The summed E-state index contributed by atoms with van der Waals surface area (Å²) >= 11 is 11.0. The first-order valence-electron chi connectivity index (χ1n) is 10.3. The Labute approximate surface area is 209 Å². The molecule has 0 saturated carbocycles. The molecule has 7 heteroatoms. The van der Waals surface area contributed by atoms with Gasteiger partial charge in [-0.3, -0.25) is 4.79 Å². The average molecular weight is 537 g/mol. The first kappa shape index (κ1) is 22.0. The van der Waals surface area contributed by atoms with Crippen LogP contribution in [-0.2, 0) is 11.3 Å². The lowest BCUT2D eigenvalue weighted by Crippen LogP contribution is -2.19. The number of hydrogen-bond acceptors (Lipinski definition) is 3. The van der Waals surface area contributed by atoms with Gasteiger partial charge >= 0.3 is 0 Å². The lowest BCUT2D eigenvalue weighted by Gasteiger charge is -2.05. The molecule has 1 aliphatic rings. The summed E-state index contributed by atoms with van der Waals surface area (Å²) in [6, 6.07) is 22.2. The number of fused-ring (bicyclic) bond motifs is 1. The number of thioether (sulfide) groups is 1. The number of halogens is 2. The van der Waals surface area contributed by atoms with Gasteiger partial charge < -0.3 is 9.88 Å². The van der Waals surface area contributed by atoms with Crippen LogP contribution in [0.2, 0.25) is 5.02 Å². The third kappa shape index (κ3) is 4.78. The molecule has 0 unspecified atom stereocenters. The van der Waals surface area contributed by atoms with Crippen LogP contribution in [-0.4, -0.2) is 15.6 Å². The number of benzene rings is 3. The van der Waals surface area contributed by atoms with Crippen LogP contribution in [0.4, 0.5) is 5.69 Å². The molecule has 164 valence electrons.